The first-order valence-electron chi connectivity index (χ1n) is 8.94. The molecule has 1 aromatic heterocycles. The summed E-state index contributed by atoms with van der Waals surface area (Å²) in [5.41, 5.74) is 3.82. The number of para-hydroxylation sites is 1. The molecule has 6 nitrogen and oxygen atoms in total. The molecule has 28 heavy (non-hydrogen) atoms. The van der Waals surface area contributed by atoms with Crippen LogP contribution in [0.5, 0.6) is 0 Å². The molecule has 0 aliphatic heterocycles. The number of hydrogen-bond donors (Lipinski definition) is 2. The third kappa shape index (κ3) is 4.94. The third-order valence-corrected chi connectivity index (χ3v) is 4.19. The molecule has 0 saturated heterocycles. The van der Waals surface area contributed by atoms with Crippen LogP contribution < -0.4 is 10.6 Å². The van der Waals surface area contributed by atoms with Gasteiger partial charge < -0.3 is 15.5 Å². The lowest BCUT2D eigenvalue weighted by Gasteiger charge is -2.15. The zero-order valence-corrected chi connectivity index (χ0v) is 16.0. The number of amides is 1. The number of likely N-dealkylation sites (N-methyl/N-ethyl adjacent to an activating group) is 1. The van der Waals surface area contributed by atoms with Gasteiger partial charge in [-0.05, 0) is 42.8 Å². The van der Waals surface area contributed by atoms with Gasteiger partial charge >= 0.3 is 0 Å². The molecular formula is C22H23N5O. The average molecular weight is 373 g/mol. The number of nitrogens with zero attached hydrogens (tertiary/aromatic N) is 3. The fraction of sp³-hybridized carbons (Fsp3) is 0.136. The maximum Gasteiger partial charge on any atom is 0.245 e. The Kier molecular flexibility index (Phi) is 6.01. The lowest BCUT2D eigenvalue weighted by Crippen LogP contribution is -2.23. The van der Waals surface area contributed by atoms with E-state index in [2.05, 4.69) is 27.2 Å². The Morgan fingerprint density at radius 3 is 2.43 bits per heavy atom. The Hall–Kier alpha value is -3.67. The third-order valence-electron chi connectivity index (χ3n) is 4.19. The second kappa shape index (κ2) is 8.81. The van der Waals surface area contributed by atoms with Gasteiger partial charge in [0.05, 0.1) is 0 Å². The summed E-state index contributed by atoms with van der Waals surface area (Å²) in [7, 11) is 1.75. The van der Waals surface area contributed by atoms with E-state index in [1.165, 1.54) is 6.08 Å². The number of aromatic nitrogens is 2. The molecule has 0 aliphatic rings. The second-order valence-electron chi connectivity index (χ2n) is 6.44. The fourth-order valence-electron chi connectivity index (χ4n) is 2.62. The van der Waals surface area contributed by atoms with Crippen molar-refractivity contribution in [1.29, 1.82) is 0 Å². The standard InChI is InChI=1S/C22H23N5O/c1-4-20(28)27(3)15-17-10-12-19(13-11-17)24-21-16(2)14-23-22(26-21)25-18-8-6-5-7-9-18/h4-14H,1,15H2,2-3H3,(H2,23,24,25,26). The van der Waals surface area contributed by atoms with E-state index in [-0.39, 0.29) is 5.91 Å². The van der Waals surface area contributed by atoms with Gasteiger partial charge in [0, 0.05) is 36.7 Å². The van der Waals surface area contributed by atoms with Gasteiger partial charge in [-0.1, -0.05) is 36.9 Å². The van der Waals surface area contributed by atoms with Crippen LogP contribution in [0.15, 0.2) is 73.4 Å². The topological polar surface area (TPSA) is 70.2 Å². The van der Waals surface area contributed by atoms with Crippen molar-refractivity contribution in [3.05, 3.63) is 84.6 Å². The van der Waals surface area contributed by atoms with Gasteiger partial charge in [0.25, 0.3) is 0 Å². The minimum Gasteiger partial charge on any atom is -0.340 e. The fourth-order valence-corrected chi connectivity index (χ4v) is 2.62. The molecule has 0 radical (unpaired) electrons. The SMILES string of the molecule is C=CC(=O)N(C)Cc1ccc(Nc2nc(Nc3ccccc3)ncc2C)cc1. The van der Waals surface area contributed by atoms with Crippen LogP contribution in [-0.4, -0.2) is 27.8 Å². The number of benzene rings is 2. The summed E-state index contributed by atoms with van der Waals surface area (Å²) in [5.74, 6) is 1.16. The molecule has 2 aromatic carbocycles. The molecule has 0 spiro atoms. The normalized spacial score (nSPS) is 10.2. The summed E-state index contributed by atoms with van der Waals surface area (Å²) in [6.45, 7) is 6.00. The summed E-state index contributed by atoms with van der Waals surface area (Å²) in [4.78, 5) is 22.1. The first kappa shape index (κ1) is 19.1. The maximum absolute atomic E-state index is 11.6. The highest BCUT2D eigenvalue weighted by Gasteiger charge is 2.07. The van der Waals surface area contributed by atoms with Crippen molar-refractivity contribution in [2.75, 3.05) is 17.7 Å². The van der Waals surface area contributed by atoms with Crippen LogP contribution in [0.4, 0.5) is 23.1 Å². The van der Waals surface area contributed by atoms with Gasteiger partial charge in [0.2, 0.25) is 11.9 Å². The molecular weight excluding hydrogens is 350 g/mol. The van der Waals surface area contributed by atoms with Gasteiger partial charge in [-0.25, -0.2) is 4.98 Å². The van der Waals surface area contributed by atoms with Crippen molar-refractivity contribution in [1.82, 2.24) is 14.9 Å². The molecule has 0 unspecified atom stereocenters. The molecule has 1 heterocycles. The van der Waals surface area contributed by atoms with E-state index < -0.39 is 0 Å². The number of carbonyl (C=O) groups excluding carboxylic acids is 1. The second-order valence-corrected chi connectivity index (χ2v) is 6.44. The summed E-state index contributed by atoms with van der Waals surface area (Å²) in [6.07, 6.45) is 3.10. The number of anilines is 4. The van der Waals surface area contributed by atoms with Crippen molar-refractivity contribution < 1.29 is 4.79 Å². The van der Waals surface area contributed by atoms with Crippen LogP contribution in [0.2, 0.25) is 0 Å². The van der Waals surface area contributed by atoms with Crippen LogP contribution in [-0.2, 0) is 11.3 Å². The minimum atomic E-state index is -0.0998. The van der Waals surface area contributed by atoms with Crippen LogP contribution >= 0.6 is 0 Å². The number of rotatable bonds is 7. The monoisotopic (exact) mass is 373 g/mol. The summed E-state index contributed by atoms with van der Waals surface area (Å²) >= 11 is 0. The van der Waals surface area contributed by atoms with Gasteiger partial charge in [0.15, 0.2) is 0 Å². The zero-order chi connectivity index (χ0) is 19.9. The molecule has 0 aliphatic carbocycles. The molecule has 0 fully saturated rings. The molecule has 2 N–H and O–H groups in total. The quantitative estimate of drug-likeness (QED) is 0.600. The predicted molar refractivity (Wildman–Crippen MR) is 113 cm³/mol. The van der Waals surface area contributed by atoms with Crippen LogP contribution in [0, 0.1) is 6.92 Å². The van der Waals surface area contributed by atoms with Crippen LogP contribution in [0.25, 0.3) is 0 Å². The molecule has 142 valence electrons. The van der Waals surface area contributed by atoms with E-state index in [9.17, 15) is 4.79 Å². The summed E-state index contributed by atoms with van der Waals surface area (Å²) < 4.78 is 0. The molecule has 6 heteroatoms. The number of nitrogens with one attached hydrogen (secondary N) is 2. The predicted octanol–water partition coefficient (Wildman–Crippen LogP) is 4.42. The smallest absolute Gasteiger partial charge is 0.245 e. The van der Waals surface area contributed by atoms with Crippen LogP contribution in [0.1, 0.15) is 11.1 Å². The van der Waals surface area contributed by atoms with Crippen molar-refractivity contribution >= 4 is 29.0 Å². The van der Waals surface area contributed by atoms with Gasteiger partial charge in [-0.15, -0.1) is 0 Å². The largest absolute Gasteiger partial charge is 0.340 e. The molecule has 0 atom stereocenters. The van der Waals surface area contributed by atoms with E-state index in [1.54, 1.807) is 18.1 Å². The van der Waals surface area contributed by atoms with E-state index in [4.69, 9.17) is 0 Å². The van der Waals surface area contributed by atoms with Gasteiger partial charge in [-0.3, -0.25) is 4.79 Å². The van der Waals surface area contributed by atoms with Crippen molar-refractivity contribution in [2.24, 2.45) is 0 Å². The Morgan fingerprint density at radius 2 is 1.75 bits per heavy atom. The van der Waals surface area contributed by atoms with E-state index in [0.717, 1.165) is 28.3 Å². The Morgan fingerprint density at radius 1 is 1.07 bits per heavy atom. The van der Waals surface area contributed by atoms with Crippen LogP contribution in [0.3, 0.4) is 0 Å². The molecule has 1 amide bonds. The number of aryl methyl sites for hydroxylation is 1. The van der Waals surface area contributed by atoms with Crippen molar-refractivity contribution in [3.63, 3.8) is 0 Å². The molecule has 3 rings (SSSR count). The molecule has 0 saturated carbocycles. The highest BCUT2D eigenvalue weighted by molar-refractivity contribution is 5.86. The molecule has 3 aromatic rings. The van der Waals surface area contributed by atoms with Crippen molar-refractivity contribution in [3.8, 4) is 0 Å². The minimum absolute atomic E-state index is 0.0998. The van der Waals surface area contributed by atoms with Crippen molar-refractivity contribution in [2.45, 2.75) is 13.5 Å². The maximum atomic E-state index is 11.6. The summed E-state index contributed by atoms with van der Waals surface area (Å²) in [5, 5.41) is 6.52. The first-order chi connectivity index (χ1) is 13.5. The van der Waals surface area contributed by atoms with Gasteiger partial charge in [-0.2, -0.15) is 4.98 Å². The number of hydrogen-bond acceptors (Lipinski definition) is 5. The van der Waals surface area contributed by atoms with E-state index in [0.29, 0.717) is 12.5 Å². The Balaban J connectivity index is 1.70. The van der Waals surface area contributed by atoms with E-state index in [1.807, 2.05) is 61.5 Å². The first-order valence-corrected chi connectivity index (χ1v) is 8.94. The Bertz CT molecular complexity index is 954. The van der Waals surface area contributed by atoms with Gasteiger partial charge in [0.1, 0.15) is 5.82 Å². The highest BCUT2D eigenvalue weighted by atomic mass is 16.2. The summed E-state index contributed by atoms with van der Waals surface area (Å²) in [6, 6.07) is 17.7. The lowest BCUT2D eigenvalue weighted by molar-refractivity contribution is -0.125. The highest BCUT2D eigenvalue weighted by Crippen LogP contribution is 2.21. The average Bonchev–Trinajstić information content (AvgIpc) is 2.72. The molecule has 0 bridgehead atoms. The van der Waals surface area contributed by atoms with E-state index >= 15 is 0 Å². The lowest BCUT2D eigenvalue weighted by atomic mass is 10.2. The number of carbonyl (C=O) groups is 1. The Labute approximate surface area is 165 Å². The zero-order valence-electron chi connectivity index (χ0n) is 16.0.